The summed E-state index contributed by atoms with van der Waals surface area (Å²) in [6.45, 7) is 3.44. The van der Waals surface area contributed by atoms with Crippen molar-refractivity contribution in [2.24, 2.45) is 0 Å². The van der Waals surface area contributed by atoms with Crippen LogP contribution in [0, 0.1) is 0 Å². The molecule has 0 aliphatic carbocycles. The molecule has 2 rings (SSSR count). The number of ether oxygens (including phenoxy) is 1. The molecular formula is C14H22N2O. The highest BCUT2D eigenvalue weighted by Gasteiger charge is 2.10. The normalized spacial score (nSPS) is 17.7. The predicted molar refractivity (Wildman–Crippen MR) is 71.2 cm³/mol. The molecule has 0 unspecified atom stereocenters. The number of benzene rings is 1. The van der Waals surface area contributed by atoms with E-state index in [2.05, 4.69) is 11.0 Å². The van der Waals surface area contributed by atoms with E-state index in [0.29, 0.717) is 0 Å². The number of anilines is 1. The maximum Gasteiger partial charge on any atom is 0.141 e. The molecule has 0 atom stereocenters. The summed E-state index contributed by atoms with van der Waals surface area (Å²) < 4.78 is 5.17. The van der Waals surface area contributed by atoms with Gasteiger partial charge in [-0.2, -0.15) is 0 Å². The van der Waals surface area contributed by atoms with Crippen molar-refractivity contribution in [2.75, 3.05) is 25.9 Å². The average Bonchev–Trinajstić information content (AvgIpc) is 2.58. The first kappa shape index (κ1) is 12.2. The van der Waals surface area contributed by atoms with Gasteiger partial charge in [0.05, 0.1) is 12.8 Å². The van der Waals surface area contributed by atoms with E-state index in [0.717, 1.165) is 18.0 Å². The van der Waals surface area contributed by atoms with Gasteiger partial charge in [-0.15, -0.1) is 0 Å². The molecule has 0 spiro atoms. The third kappa shape index (κ3) is 3.37. The largest absolute Gasteiger partial charge is 0.495 e. The highest BCUT2D eigenvalue weighted by Crippen LogP contribution is 2.23. The smallest absolute Gasteiger partial charge is 0.141 e. The summed E-state index contributed by atoms with van der Waals surface area (Å²) in [6.07, 6.45) is 5.40. The zero-order chi connectivity index (χ0) is 12.1. The number of hydrogen-bond acceptors (Lipinski definition) is 3. The maximum absolute atomic E-state index is 5.92. The fourth-order valence-electron chi connectivity index (χ4n) is 2.43. The van der Waals surface area contributed by atoms with E-state index in [-0.39, 0.29) is 0 Å². The van der Waals surface area contributed by atoms with Crippen molar-refractivity contribution < 1.29 is 4.74 Å². The van der Waals surface area contributed by atoms with Crippen LogP contribution in [0.4, 0.5) is 5.69 Å². The molecular weight excluding hydrogens is 212 g/mol. The molecule has 0 saturated carbocycles. The number of methoxy groups -OCH3 is 1. The number of rotatable bonds is 3. The lowest BCUT2D eigenvalue weighted by Crippen LogP contribution is -2.23. The van der Waals surface area contributed by atoms with Gasteiger partial charge in [-0.25, -0.2) is 0 Å². The number of nitrogens with two attached hydrogens (primary N) is 1. The van der Waals surface area contributed by atoms with E-state index in [9.17, 15) is 0 Å². The Hall–Kier alpha value is -1.22. The molecule has 1 aromatic rings. The Kier molecular flexibility index (Phi) is 4.26. The fraction of sp³-hybridized carbons (Fsp3) is 0.571. The average molecular weight is 234 g/mol. The highest BCUT2D eigenvalue weighted by molar-refractivity contribution is 5.54. The van der Waals surface area contributed by atoms with Crippen LogP contribution < -0.4 is 10.5 Å². The van der Waals surface area contributed by atoms with E-state index in [1.807, 2.05) is 12.1 Å². The molecule has 0 amide bonds. The lowest BCUT2D eigenvalue weighted by atomic mass is 10.1. The molecule has 2 N–H and O–H groups in total. The van der Waals surface area contributed by atoms with Crippen LogP contribution >= 0.6 is 0 Å². The Morgan fingerprint density at radius 1 is 1.18 bits per heavy atom. The van der Waals surface area contributed by atoms with Gasteiger partial charge >= 0.3 is 0 Å². The Morgan fingerprint density at radius 3 is 2.47 bits per heavy atom. The van der Waals surface area contributed by atoms with Gasteiger partial charge in [-0.3, -0.25) is 4.90 Å². The van der Waals surface area contributed by atoms with Crippen molar-refractivity contribution in [3.63, 3.8) is 0 Å². The van der Waals surface area contributed by atoms with Crippen LogP contribution in [0.25, 0.3) is 0 Å². The van der Waals surface area contributed by atoms with Crippen molar-refractivity contribution in [1.82, 2.24) is 4.90 Å². The van der Waals surface area contributed by atoms with Crippen LogP contribution in [0.3, 0.4) is 0 Å². The lowest BCUT2D eigenvalue weighted by molar-refractivity contribution is 0.277. The summed E-state index contributed by atoms with van der Waals surface area (Å²) in [5, 5.41) is 0. The summed E-state index contributed by atoms with van der Waals surface area (Å²) in [5.74, 6) is 0.768. The molecule has 3 nitrogen and oxygen atoms in total. The van der Waals surface area contributed by atoms with Gasteiger partial charge < -0.3 is 10.5 Å². The molecule has 17 heavy (non-hydrogen) atoms. The van der Waals surface area contributed by atoms with E-state index < -0.39 is 0 Å². The Labute approximate surface area is 104 Å². The van der Waals surface area contributed by atoms with Crippen molar-refractivity contribution >= 4 is 5.69 Å². The number of hydrogen-bond donors (Lipinski definition) is 1. The Balaban J connectivity index is 1.99. The molecule has 1 heterocycles. The van der Waals surface area contributed by atoms with Crippen molar-refractivity contribution in [2.45, 2.75) is 32.2 Å². The van der Waals surface area contributed by atoms with E-state index >= 15 is 0 Å². The van der Waals surface area contributed by atoms with E-state index in [1.54, 1.807) is 7.11 Å². The molecule has 0 aromatic heterocycles. The van der Waals surface area contributed by atoms with E-state index in [1.165, 1.54) is 44.3 Å². The summed E-state index contributed by atoms with van der Waals surface area (Å²) >= 11 is 0. The van der Waals surface area contributed by atoms with Crippen molar-refractivity contribution in [1.29, 1.82) is 0 Å². The van der Waals surface area contributed by atoms with Gasteiger partial charge in [0.15, 0.2) is 0 Å². The SMILES string of the molecule is COc1ccc(CN2CCCCCC2)cc1N. The first-order valence-corrected chi connectivity index (χ1v) is 6.44. The molecule has 0 bridgehead atoms. The first-order chi connectivity index (χ1) is 8.29. The maximum atomic E-state index is 5.92. The Morgan fingerprint density at radius 2 is 1.88 bits per heavy atom. The molecule has 1 aromatic carbocycles. The van der Waals surface area contributed by atoms with Gasteiger partial charge in [0.25, 0.3) is 0 Å². The number of nitrogens with zero attached hydrogens (tertiary/aromatic N) is 1. The minimum atomic E-state index is 0.736. The van der Waals surface area contributed by atoms with Gasteiger partial charge in [-0.1, -0.05) is 18.9 Å². The molecule has 1 aliphatic heterocycles. The molecule has 1 aliphatic rings. The summed E-state index contributed by atoms with van der Waals surface area (Å²) in [7, 11) is 1.65. The summed E-state index contributed by atoms with van der Waals surface area (Å²) in [5.41, 5.74) is 7.94. The van der Waals surface area contributed by atoms with Gasteiger partial charge in [0.2, 0.25) is 0 Å². The predicted octanol–water partition coefficient (Wildman–Crippen LogP) is 2.65. The molecule has 1 fully saturated rings. The number of likely N-dealkylation sites (tertiary alicyclic amines) is 1. The van der Waals surface area contributed by atoms with Crippen LogP contribution in [0.1, 0.15) is 31.2 Å². The van der Waals surface area contributed by atoms with Crippen LogP contribution in [0.5, 0.6) is 5.75 Å². The minimum Gasteiger partial charge on any atom is -0.495 e. The van der Waals surface area contributed by atoms with Crippen LogP contribution in [-0.4, -0.2) is 25.1 Å². The minimum absolute atomic E-state index is 0.736. The summed E-state index contributed by atoms with van der Waals surface area (Å²) in [4.78, 5) is 2.52. The fourth-order valence-corrected chi connectivity index (χ4v) is 2.43. The standard InChI is InChI=1S/C14H22N2O/c1-17-14-7-6-12(10-13(14)15)11-16-8-4-2-3-5-9-16/h6-7,10H,2-5,8-9,11,15H2,1H3. The topological polar surface area (TPSA) is 38.5 Å². The van der Waals surface area contributed by atoms with Crippen LogP contribution in [-0.2, 0) is 6.54 Å². The van der Waals surface area contributed by atoms with Crippen LogP contribution in [0.2, 0.25) is 0 Å². The zero-order valence-electron chi connectivity index (χ0n) is 10.6. The number of nitrogen functional groups attached to an aromatic ring is 1. The zero-order valence-corrected chi connectivity index (χ0v) is 10.6. The van der Waals surface area contributed by atoms with Gasteiger partial charge in [0.1, 0.15) is 5.75 Å². The lowest BCUT2D eigenvalue weighted by Gasteiger charge is -2.20. The third-order valence-electron chi connectivity index (χ3n) is 3.40. The van der Waals surface area contributed by atoms with Crippen LogP contribution in [0.15, 0.2) is 18.2 Å². The Bertz CT molecular complexity index is 357. The van der Waals surface area contributed by atoms with Crippen molar-refractivity contribution in [3.8, 4) is 5.75 Å². The first-order valence-electron chi connectivity index (χ1n) is 6.44. The highest BCUT2D eigenvalue weighted by atomic mass is 16.5. The molecule has 94 valence electrons. The molecule has 1 saturated heterocycles. The van der Waals surface area contributed by atoms with Gasteiger partial charge in [0, 0.05) is 6.54 Å². The second-order valence-electron chi connectivity index (χ2n) is 4.77. The monoisotopic (exact) mass is 234 g/mol. The van der Waals surface area contributed by atoms with Crippen molar-refractivity contribution in [3.05, 3.63) is 23.8 Å². The van der Waals surface area contributed by atoms with Gasteiger partial charge in [-0.05, 0) is 43.6 Å². The molecule has 0 radical (unpaired) electrons. The third-order valence-corrected chi connectivity index (χ3v) is 3.40. The molecule has 3 heteroatoms. The second-order valence-corrected chi connectivity index (χ2v) is 4.77. The quantitative estimate of drug-likeness (QED) is 0.817. The second kappa shape index (κ2) is 5.92. The summed E-state index contributed by atoms with van der Waals surface area (Å²) in [6, 6.07) is 6.10. The van der Waals surface area contributed by atoms with E-state index in [4.69, 9.17) is 10.5 Å².